The van der Waals surface area contributed by atoms with Gasteiger partial charge in [0.2, 0.25) is 0 Å². The molecule has 1 aromatic heterocycles. The summed E-state index contributed by atoms with van der Waals surface area (Å²) in [6.45, 7) is 2.81. The molecule has 2 rings (SSSR count). The third-order valence-corrected chi connectivity index (χ3v) is 4.53. The number of ether oxygens (including phenoxy) is 1. The van der Waals surface area contributed by atoms with Crippen LogP contribution in [-0.4, -0.2) is 27.8 Å². The fourth-order valence-corrected chi connectivity index (χ4v) is 3.38. The number of aryl methyl sites for hydroxylation is 1. The molecule has 0 bridgehead atoms. The molecule has 0 aliphatic heterocycles. The minimum Gasteiger partial charge on any atom is -0.374 e. The van der Waals surface area contributed by atoms with Gasteiger partial charge in [-0.25, -0.2) is 4.98 Å². The molecule has 1 unspecified atom stereocenters. The predicted octanol–water partition coefficient (Wildman–Crippen LogP) is 1.92. The Morgan fingerprint density at radius 2 is 2.10 bits per heavy atom. The lowest BCUT2D eigenvalue weighted by molar-refractivity contribution is -0.0772. The van der Waals surface area contributed by atoms with Crippen LogP contribution < -0.4 is 11.3 Å². The molecule has 1 saturated carbocycles. The van der Waals surface area contributed by atoms with E-state index in [9.17, 15) is 0 Å². The van der Waals surface area contributed by atoms with E-state index < -0.39 is 0 Å². The minimum absolute atomic E-state index is 0.113. The molecule has 5 nitrogen and oxygen atoms in total. The molecule has 20 heavy (non-hydrogen) atoms. The van der Waals surface area contributed by atoms with Crippen LogP contribution in [0.4, 0.5) is 0 Å². The molecule has 3 N–H and O–H groups in total. The first-order chi connectivity index (χ1) is 9.72. The van der Waals surface area contributed by atoms with Crippen LogP contribution in [0.25, 0.3) is 0 Å². The van der Waals surface area contributed by atoms with Crippen molar-refractivity contribution in [3.8, 4) is 0 Å². The fraction of sp³-hybridized carbons (Fsp3) is 0.800. The fourth-order valence-electron chi connectivity index (χ4n) is 3.38. The van der Waals surface area contributed by atoms with Crippen LogP contribution in [0.5, 0.6) is 0 Å². The average Bonchev–Trinajstić information content (AvgIpc) is 2.71. The Labute approximate surface area is 121 Å². The molecule has 114 valence electrons. The molecule has 0 spiro atoms. The van der Waals surface area contributed by atoms with Gasteiger partial charge in [-0.15, -0.1) is 0 Å². The van der Waals surface area contributed by atoms with Gasteiger partial charge >= 0.3 is 0 Å². The number of nitrogens with two attached hydrogens (primary N) is 1. The number of hydrogen-bond acceptors (Lipinski definition) is 4. The van der Waals surface area contributed by atoms with Gasteiger partial charge < -0.3 is 9.30 Å². The van der Waals surface area contributed by atoms with Gasteiger partial charge in [0.15, 0.2) is 0 Å². The average molecular weight is 280 g/mol. The number of aromatic nitrogens is 2. The van der Waals surface area contributed by atoms with Gasteiger partial charge in [-0.1, -0.05) is 25.7 Å². The van der Waals surface area contributed by atoms with Gasteiger partial charge in [-0.05, 0) is 19.8 Å². The molecule has 1 atom stereocenters. The normalized spacial score (nSPS) is 20.6. The zero-order chi connectivity index (χ0) is 14.4. The lowest BCUT2D eigenvalue weighted by Gasteiger charge is -2.39. The van der Waals surface area contributed by atoms with E-state index in [4.69, 9.17) is 10.6 Å². The van der Waals surface area contributed by atoms with Crippen molar-refractivity contribution in [2.45, 2.75) is 63.5 Å². The van der Waals surface area contributed by atoms with Crippen molar-refractivity contribution in [3.63, 3.8) is 0 Å². The van der Waals surface area contributed by atoms with Crippen LogP contribution in [0.2, 0.25) is 0 Å². The molecule has 5 heteroatoms. The van der Waals surface area contributed by atoms with Gasteiger partial charge in [-0.3, -0.25) is 11.3 Å². The van der Waals surface area contributed by atoms with Crippen molar-refractivity contribution in [2.75, 3.05) is 6.61 Å². The second-order valence-electron chi connectivity index (χ2n) is 5.79. The second-order valence-corrected chi connectivity index (χ2v) is 5.79. The van der Waals surface area contributed by atoms with Gasteiger partial charge in [0.25, 0.3) is 0 Å². The van der Waals surface area contributed by atoms with Gasteiger partial charge in [0, 0.05) is 32.5 Å². The first kappa shape index (κ1) is 15.5. The highest BCUT2D eigenvalue weighted by Gasteiger charge is 2.39. The van der Waals surface area contributed by atoms with E-state index in [0.29, 0.717) is 0 Å². The summed E-state index contributed by atoms with van der Waals surface area (Å²) in [5.41, 5.74) is 2.87. The van der Waals surface area contributed by atoms with E-state index in [-0.39, 0.29) is 11.6 Å². The maximum atomic E-state index is 6.21. The first-order valence-corrected chi connectivity index (χ1v) is 7.78. The Bertz CT molecular complexity index is 396. The standard InChI is InChI=1S/C15H28N4O/c1-3-20-15(8-6-4-5-7-9-15)13(18-16)12-14-17-10-11-19(14)2/h10-11,13,18H,3-9,12,16H2,1-2H3. The summed E-state index contributed by atoms with van der Waals surface area (Å²) < 4.78 is 8.27. The first-order valence-electron chi connectivity index (χ1n) is 7.78. The van der Waals surface area contributed by atoms with E-state index >= 15 is 0 Å². The number of nitrogens with zero attached hydrogens (tertiary/aromatic N) is 2. The Morgan fingerprint density at radius 1 is 1.40 bits per heavy atom. The third kappa shape index (κ3) is 3.40. The molecule has 1 aliphatic rings. The number of nitrogens with one attached hydrogen (secondary N) is 1. The lowest BCUT2D eigenvalue weighted by atomic mass is 9.84. The molecule has 0 radical (unpaired) electrons. The molecule has 0 saturated heterocycles. The Hall–Kier alpha value is -0.910. The molecule has 1 aromatic rings. The summed E-state index contributed by atoms with van der Waals surface area (Å²) in [5.74, 6) is 6.92. The summed E-state index contributed by atoms with van der Waals surface area (Å²) in [6, 6.07) is 0.113. The van der Waals surface area contributed by atoms with E-state index in [0.717, 1.165) is 31.7 Å². The van der Waals surface area contributed by atoms with Gasteiger partial charge in [0.1, 0.15) is 5.82 Å². The number of hydrogen-bond donors (Lipinski definition) is 2. The van der Waals surface area contributed by atoms with E-state index in [1.54, 1.807) is 0 Å². The van der Waals surface area contributed by atoms with E-state index in [2.05, 4.69) is 21.9 Å². The maximum absolute atomic E-state index is 6.21. The van der Waals surface area contributed by atoms with Crippen molar-refractivity contribution in [3.05, 3.63) is 18.2 Å². The monoisotopic (exact) mass is 280 g/mol. The van der Waals surface area contributed by atoms with Crippen molar-refractivity contribution >= 4 is 0 Å². The molecule has 0 amide bonds. The maximum Gasteiger partial charge on any atom is 0.110 e. The largest absolute Gasteiger partial charge is 0.374 e. The zero-order valence-corrected chi connectivity index (χ0v) is 12.8. The molecule has 0 aromatic carbocycles. The Kier molecular flexibility index (Phi) is 5.57. The van der Waals surface area contributed by atoms with Crippen LogP contribution in [0.1, 0.15) is 51.3 Å². The highest BCUT2D eigenvalue weighted by molar-refractivity contribution is 5.02. The van der Waals surface area contributed by atoms with Crippen molar-refractivity contribution in [2.24, 2.45) is 12.9 Å². The van der Waals surface area contributed by atoms with Crippen LogP contribution in [0, 0.1) is 0 Å². The van der Waals surface area contributed by atoms with Gasteiger partial charge in [0.05, 0.1) is 11.6 Å². The van der Waals surface area contributed by atoms with Crippen LogP contribution >= 0.6 is 0 Å². The van der Waals surface area contributed by atoms with Crippen LogP contribution in [0.3, 0.4) is 0 Å². The van der Waals surface area contributed by atoms with Crippen molar-refractivity contribution in [1.29, 1.82) is 0 Å². The SMILES string of the molecule is CCOC1(C(Cc2nccn2C)NN)CCCCCC1. The molecule has 1 aliphatic carbocycles. The molecular formula is C15H28N4O. The summed E-state index contributed by atoms with van der Waals surface area (Å²) >= 11 is 0. The number of imidazole rings is 1. The highest BCUT2D eigenvalue weighted by Crippen LogP contribution is 2.34. The third-order valence-electron chi connectivity index (χ3n) is 4.53. The molecule has 1 heterocycles. The van der Waals surface area contributed by atoms with E-state index in [1.807, 2.05) is 19.4 Å². The second kappa shape index (κ2) is 7.20. The molecular weight excluding hydrogens is 252 g/mol. The summed E-state index contributed by atoms with van der Waals surface area (Å²) in [4.78, 5) is 4.42. The topological polar surface area (TPSA) is 65.1 Å². The van der Waals surface area contributed by atoms with Gasteiger partial charge in [-0.2, -0.15) is 0 Å². The summed E-state index contributed by atoms with van der Waals surface area (Å²) in [5, 5.41) is 0. The van der Waals surface area contributed by atoms with Crippen molar-refractivity contribution < 1.29 is 4.74 Å². The lowest BCUT2D eigenvalue weighted by Crippen LogP contribution is -2.56. The molecule has 1 fully saturated rings. The highest BCUT2D eigenvalue weighted by atomic mass is 16.5. The van der Waals surface area contributed by atoms with Crippen LogP contribution in [-0.2, 0) is 18.2 Å². The Morgan fingerprint density at radius 3 is 2.60 bits per heavy atom. The Balaban J connectivity index is 2.17. The smallest absolute Gasteiger partial charge is 0.110 e. The van der Waals surface area contributed by atoms with Crippen LogP contribution in [0.15, 0.2) is 12.4 Å². The predicted molar refractivity (Wildman–Crippen MR) is 80.1 cm³/mol. The zero-order valence-electron chi connectivity index (χ0n) is 12.8. The van der Waals surface area contributed by atoms with Crippen molar-refractivity contribution in [1.82, 2.24) is 15.0 Å². The minimum atomic E-state index is -0.147. The quantitative estimate of drug-likeness (QED) is 0.475. The van der Waals surface area contributed by atoms with E-state index in [1.165, 1.54) is 25.7 Å². The summed E-state index contributed by atoms with van der Waals surface area (Å²) in [6.07, 6.45) is 11.8. The number of hydrazine groups is 1. The number of rotatable bonds is 6. The summed E-state index contributed by atoms with van der Waals surface area (Å²) in [7, 11) is 2.02.